The molecule has 0 unspecified atom stereocenters. The Morgan fingerprint density at radius 1 is 0.690 bits per heavy atom. The Bertz CT molecular complexity index is 811. The zero-order valence-electron chi connectivity index (χ0n) is 19.7. The summed E-state index contributed by atoms with van der Waals surface area (Å²) in [5.74, 6) is -0.0704. The van der Waals surface area contributed by atoms with Crippen LogP contribution < -0.4 is 0 Å². The van der Waals surface area contributed by atoms with Crippen molar-refractivity contribution in [3.8, 4) is 11.5 Å². The van der Waals surface area contributed by atoms with E-state index in [9.17, 15) is 10.2 Å². The van der Waals surface area contributed by atoms with E-state index in [4.69, 9.17) is 4.74 Å². The molecule has 0 fully saturated rings. The SMILES string of the molecule is Cc1cc(C(OC(C)C)c2cc(C)cc(C(C)(C)C)c2[O])c([O])c(C(C)(C)C)c1. The molecule has 158 valence electrons. The molecule has 3 heteroatoms. The maximum Gasteiger partial charge on any atom is 0.188 e. The Morgan fingerprint density at radius 2 is 1.03 bits per heavy atom. The van der Waals surface area contributed by atoms with Crippen molar-refractivity contribution in [1.29, 1.82) is 0 Å². The summed E-state index contributed by atoms with van der Waals surface area (Å²) in [6, 6.07) is 7.66. The van der Waals surface area contributed by atoms with Gasteiger partial charge in [0.15, 0.2) is 11.5 Å². The van der Waals surface area contributed by atoms with Gasteiger partial charge in [0.2, 0.25) is 0 Å². The van der Waals surface area contributed by atoms with E-state index in [1.807, 2.05) is 93.5 Å². The normalized spacial score (nSPS) is 12.8. The molecule has 0 aliphatic carbocycles. The van der Waals surface area contributed by atoms with Crippen LogP contribution in [-0.4, -0.2) is 6.10 Å². The summed E-state index contributed by atoms with van der Waals surface area (Å²) < 4.78 is 6.23. The Hall–Kier alpha value is -2.00. The Morgan fingerprint density at radius 3 is 1.31 bits per heavy atom. The lowest BCUT2D eigenvalue weighted by atomic mass is 9.81. The number of hydrogen-bond acceptors (Lipinski definition) is 1. The van der Waals surface area contributed by atoms with Gasteiger partial charge in [-0.3, -0.25) is 10.2 Å². The molecule has 0 amide bonds. The fourth-order valence-corrected chi connectivity index (χ4v) is 3.69. The summed E-state index contributed by atoms with van der Waals surface area (Å²) in [6.45, 7) is 20.1. The molecule has 0 aliphatic rings. The van der Waals surface area contributed by atoms with E-state index in [0.29, 0.717) is 11.1 Å². The number of rotatable bonds is 4. The van der Waals surface area contributed by atoms with Crippen LogP contribution in [0.2, 0.25) is 0 Å². The van der Waals surface area contributed by atoms with Crippen molar-refractivity contribution in [2.45, 2.75) is 92.3 Å². The van der Waals surface area contributed by atoms with Crippen molar-refractivity contribution in [2.24, 2.45) is 0 Å². The zero-order valence-corrected chi connectivity index (χ0v) is 19.7. The van der Waals surface area contributed by atoms with Gasteiger partial charge in [-0.15, -0.1) is 0 Å². The van der Waals surface area contributed by atoms with Crippen LogP contribution in [0.15, 0.2) is 24.3 Å². The second-order valence-corrected chi connectivity index (χ2v) is 10.5. The van der Waals surface area contributed by atoms with Gasteiger partial charge in [0.1, 0.15) is 6.10 Å². The molecule has 0 saturated heterocycles. The zero-order chi connectivity index (χ0) is 22.3. The number of aryl methyl sites for hydroxylation is 2. The highest BCUT2D eigenvalue weighted by atomic mass is 16.5. The van der Waals surface area contributed by atoms with E-state index in [1.165, 1.54) is 0 Å². The predicted octanol–water partition coefficient (Wildman–Crippen LogP) is 7.70. The summed E-state index contributed by atoms with van der Waals surface area (Å²) in [4.78, 5) is 0. The molecule has 3 nitrogen and oxygen atoms in total. The topological polar surface area (TPSA) is 49.0 Å². The van der Waals surface area contributed by atoms with Gasteiger partial charge in [-0.25, -0.2) is 0 Å². The second-order valence-electron chi connectivity index (χ2n) is 10.5. The van der Waals surface area contributed by atoms with E-state index in [2.05, 4.69) is 0 Å². The number of ether oxygens (including phenoxy) is 1. The van der Waals surface area contributed by atoms with Gasteiger partial charge in [0, 0.05) is 22.3 Å². The highest BCUT2D eigenvalue weighted by Crippen LogP contribution is 2.45. The number of benzene rings is 2. The summed E-state index contributed by atoms with van der Waals surface area (Å²) in [7, 11) is 0. The quantitative estimate of drug-likeness (QED) is 0.522. The lowest BCUT2D eigenvalue weighted by Crippen LogP contribution is -2.18. The van der Waals surface area contributed by atoms with Gasteiger partial charge < -0.3 is 4.74 Å². The standard InChI is InChI=1S/C26H36O3/c1-15(2)29-24(18-11-16(3)13-20(22(18)27)25(5,6)7)19-12-17(4)14-21(23(19)28)26(8,9)10/h11-15,24H,1-10H3. The summed E-state index contributed by atoms with van der Waals surface area (Å²) in [6.07, 6.45) is -0.812. The molecule has 0 spiro atoms. The van der Waals surface area contributed by atoms with Gasteiger partial charge in [0.05, 0.1) is 6.10 Å². The summed E-state index contributed by atoms with van der Waals surface area (Å²) in [5.41, 5.74) is 4.02. The molecule has 0 heterocycles. The molecule has 0 bridgehead atoms. The average molecular weight is 397 g/mol. The largest absolute Gasteiger partial charge is 0.366 e. The van der Waals surface area contributed by atoms with Gasteiger partial charge in [0.25, 0.3) is 0 Å². The lowest BCUT2D eigenvalue weighted by molar-refractivity contribution is 0.0264. The van der Waals surface area contributed by atoms with E-state index in [1.54, 1.807) is 0 Å². The van der Waals surface area contributed by atoms with Crippen LogP contribution >= 0.6 is 0 Å². The van der Waals surface area contributed by atoms with Crippen LogP contribution in [0, 0.1) is 13.8 Å². The van der Waals surface area contributed by atoms with Crippen LogP contribution in [0.4, 0.5) is 0 Å². The third-order valence-electron chi connectivity index (χ3n) is 5.11. The van der Waals surface area contributed by atoms with Crippen molar-refractivity contribution in [1.82, 2.24) is 0 Å². The van der Waals surface area contributed by atoms with Crippen LogP contribution in [0.3, 0.4) is 0 Å². The third kappa shape index (κ3) is 5.14. The predicted molar refractivity (Wildman–Crippen MR) is 118 cm³/mol. The average Bonchev–Trinajstić information content (AvgIpc) is 2.54. The maximum atomic E-state index is 13.5. The van der Waals surface area contributed by atoms with Crippen molar-refractivity contribution in [3.63, 3.8) is 0 Å². The minimum absolute atomic E-state index is 0.0352. The summed E-state index contributed by atoms with van der Waals surface area (Å²) in [5, 5.41) is 26.9. The first kappa shape index (κ1) is 23.3. The molecule has 0 aliphatic heterocycles. The summed E-state index contributed by atoms with van der Waals surface area (Å²) >= 11 is 0. The van der Waals surface area contributed by atoms with E-state index in [0.717, 1.165) is 22.3 Å². The first-order valence-electron chi connectivity index (χ1n) is 10.4. The van der Waals surface area contributed by atoms with E-state index >= 15 is 0 Å². The molecule has 0 aromatic heterocycles. The van der Waals surface area contributed by atoms with Crippen LogP contribution in [0.5, 0.6) is 11.5 Å². The van der Waals surface area contributed by atoms with Crippen LogP contribution in [0.1, 0.15) is 94.9 Å². The van der Waals surface area contributed by atoms with Gasteiger partial charge in [-0.2, -0.15) is 0 Å². The molecule has 2 aromatic carbocycles. The molecule has 0 N–H and O–H groups in total. The van der Waals surface area contributed by atoms with Crippen molar-refractivity contribution in [3.05, 3.63) is 57.6 Å². The van der Waals surface area contributed by atoms with E-state index in [-0.39, 0.29) is 28.4 Å². The third-order valence-corrected chi connectivity index (χ3v) is 5.11. The maximum absolute atomic E-state index is 13.5. The monoisotopic (exact) mass is 396 g/mol. The van der Waals surface area contributed by atoms with Gasteiger partial charge >= 0.3 is 0 Å². The number of hydrogen-bond donors (Lipinski definition) is 0. The Kier molecular flexibility index (Phi) is 6.44. The molecule has 29 heavy (non-hydrogen) atoms. The second kappa shape index (κ2) is 8.02. The first-order chi connectivity index (χ1) is 13.1. The van der Waals surface area contributed by atoms with Gasteiger partial charge in [-0.1, -0.05) is 64.8 Å². The highest BCUT2D eigenvalue weighted by Gasteiger charge is 2.32. The smallest absolute Gasteiger partial charge is 0.188 e. The Balaban J connectivity index is 2.83. The highest BCUT2D eigenvalue weighted by molar-refractivity contribution is 5.55. The Labute approximate surface area is 176 Å². The van der Waals surface area contributed by atoms with Crippen molar-refractivity contribution >= 4 is 0 Å². The molecule has 2 radical (unpaired) electrons. The molecule has 2 rings (SSSR count). The van der Waals surface area contributed by atoms with Crippen molar-refractivity contribution in [2.75, 3.05) is 0 Å². The van der Waals surface area contributed by atoms with Crippen LogP contribution in [-0.2, 0) is 25.8 Å². The minimum Gasteiger partial charge on any atom is -0.366 e. The van der Waals surface area contributed by atoms with E-state index < -0.39 is 6.10 Å². The fraction of sp³-hybridized carbons (Fsp3) is 0.538. The molecule has 2 aromatic rings. The fourth-order valence-electron chi connectivity index (χ4n) is 3.69. The van der Waals surface area contributed by atoms with Crippen LogP contribution in [0.25, 0.3) is 0 Å². The molecule has 0 saturated carbocycles. The van der Waals surface area contributed by atoms with Crippen molar-refractivity contribution < 1.29 is 14.9 Å². The molecular weight excluding hydrogens is 360 g/mol. The molecule has 0 atom stereocenters. The van der Waals surface area contributed by atoms with Gasteiger partial charge in [-0.05, 0) is 50.7 Å². The lowest BCUT2D eigenvalue weighted by Gasteiger charge is -2.28. The first-order valence-corrected chi connectivity index (χ1v) is 10.4. The minimum atomic E-state index is -0.683. The molecular formula is C26H36O3.